The van der Waals surface area contributed by atoms with Crippen molar-refractivity contribution in [3.05, 3.63) is 80.5 Å². The monoisotopic (exact) mass is 386 g/mol. The van der Waals surface area contributed by atoms with Crippen molar-refractivity contribution in [3.8, 4) is 0 Å². The molecule has 1 heterocycles. The highest BCUT2D eigenvalue weighted by Crippen LogP contribution is 2.29. The number of hydrogen-bond donors (Lipinski definition) is 3. The van der Waals surface area contributed by atoms with Gasteiger partial charge < -0.3 is 16.0 Å². The molecule has 3 N–H and O–H groups in total. The third kappa shape index (κ3) is 4.06. The molecule has 1 unspecified atom stereocenters. The van der Waals surface area contributed by atoms with Crippen molar-refractivity contribution in [1.82, 2.24) is 10.6 Å². The molecule has 3 rings (SSSR count). The second kappa shape index (κ2) is 7.46. The zero-order chi connectivity index (χ0) is 19.6. The number of anilines is 1. The maximum absolute atomic E-state index is 12.8. The normalized spacial score (nSPS) is 16.4. The predicted octanol–water partition coefficient (Wildman–Crippen LogP) is 3.51. The van der Waals surface area contributed by atoms with Crippen LogP contribution in [0.5, 0.6) is 0 Å². The van der Waals surface area contributed by atoms with E-state index in [9.17, 15) is 19.7 Å². The Bertz CT molecular complexity index is 956. The second-order valence-electron chi connectivity index (χ2n) is 5.88. The highest BCUT2D eigenvalue weighted by Gasteiger charge is 2.31. The zero-order valence-corrected chi connectivity index (χ0v) is 14.9. The molecule has 0 saturated heterocycles. The van der Waals surface area contributed by atoms with E-state index in [0.717, 1.165) is 0 Å². The molecule has 0 aromatic heterocycles. The van der Waals surface area contributed by atoms with Crippen LogP contribution in [0.25, 0.3) is 0 Å². The van der Waals surface area contributed by atoms with Gasteiger partial charge in [0.25, 0.3) is 11.6 Å². The molecular formula is C18H15ClN4O4. The van der Waals surface area contributed by atoms with E-state index < -0.39 is 22.9 Å². The molecular weight excluding hydrogens is 372 g/mol. The second-order valence-corrected chi connectivity index (χ2v) is 6.32. The van der Waals surface area contributed by atoms with Crippen LogP contribution in [0.1, 0.15) is 18.5 Å². The number of nitro groups is 1. The lowest BCUT2D eigenvalue weighted by Crippen LogP contribution is -2.46. The summed E-state index contributed by atoms with van der Waals surface area (Å²) in [5.74, 6) is -0.446. The predicted molar refractivity (Wildman–Crippen MR) is 100 cm³/mol. The van der Waals surface area contributed by atoms with Crippen LogP contribution in [-0.2, 0) is 4.79 Å². The van der Waals surface area contributed by atoms with E-state index in [1.54, 1.807) is 37.3 Å². The van der Waals surface area contributed by atoms with Crippen molar-refractivity contribution in [1.29, 1.82) is 0 Å². The van der Waals surface area contributed by atoms with Gasteiger partial charge in [-0.1, -0.05) is 23.7 Å². The largest absolute Gasteiger partial charge is 0.327 e. The number of benzene rings is 2. The molecule has 8 nitrogen and oxygen atoms in total. The highest BCUT2D eigenvalue weighted by atomic mass is 35.5. The lowest BCUT2D eigenvalue weighted by atomic mass is 9.94. The van der Waals surface area contributed by atoms with Crippen LogP contribution in [0.3, 0.4) is 0 Å². The third-order valence-electron chi connectivity index (χ3n) is 4.03. The molecule has 1 atom stereocenters. The van der Waals surface area contributed by atoms with Gasteiger partial charge in [0.15, 0.2) is 0 Å². The first kappa shape index (κ1) is 18.4. The minimum atomic E-state index is -0.828. The maximum Gasteiger partial charge on any atom is 0.319 e. The van der Waals surface area contributed by atoms with Gasteiger partial charge in [0.2, 0.25) is 0 Å². The number of halogens is 1. The van der Waals surface area contributed by atoms with Crippen molar-refractivity contribution < 1.29 is 14.5 Å². The fourth-order valence-corrected chi connectivity index (χ4v) is 2.92. The minimum absolute atomic E-state index is 0.129. The van der Waals surface area contributed by atoms with Gasteiger partial charge >= 0.3 is 6.03 Å². The van der Waals surface area contributed by atoms with Gasteiger partial charge in [-0.3, -0.25) is 14.9 Å². The summed E-state index contributed by atoms with van der Waals surface area (Å²) in [7, 11) is 0. The van der Waals surface area contributed by atoms with E-state index in [4.69, 9.17) is 11.6 Å². The van der Waals surface area contributed by atoms with Crippen LogP contribution < -0.4 is 16.0 Å². The molecule has 2 aromatic rings. The number of urea groups is 1. The van der Waals surface area contributed by atoms with Crippen LogP contribution in [0.15, 0.2) is 59.8 Å². The Hall–Kier alpha value is -3.39. The van der Waals surface area contributed by atoms with Crippen LogP contribution >= 0.6 is 11.6 Å². The molecule has 0 saturated carbocycles. The van der Waals surface area contributed by atoms with Crippen molar-refractivity contribution in [2.24, 2.45) is 0 Å². The first-order chi connectivity index (χ1) is 12.8. The molecule has 9 heteroatoms. The summed E-state index contributed by atoms with van der Waals surface area (Å²) in [5.41, 5.74) is 1.45. The van der Waals surface area contributed by atoms with Gasteiger partial charge in [-0.05, 0) is 36.8 Å². The van der Waals surface area contributed by atoms with Gasteiger partial charge in [-0.2, -0.15) is 0 Å². The number of non-ortho nitro benzene ring substituents is 1. The van der Waals surface area contributed by atoms with E-state index in [-0.39, 0.29) is 11.3 Å². The SMILES string of the molecule is CC1=C(C(=O)Nc2ccc(Cl)cc2)C(c2cccc([N+](=O)[O-])c2)NC(=O)N1. The Labute approximate surface area is 159 Å². The van der Waals surface area contributed by atoms with Crippen molar-refractivity contribution in [3.63, 3.8) is 0 Å². The zero-order valence-electron chi connectivity index (χ0n) is 14.2. The first-order valence-corrected chi connectivity index (χ1v) is 8.32. The Morgan fingerprint density at radius 1 is 1.22 bits per heavy atom. The molecule has 3 amide bonds. The minimum Gasteiger partial charge on any atom is -0.327 e. The summed E-state index contributed by atoms with van der Waals surface area (Å²) in [6, 6.07) is 11.0. The Morgan fingerprint density at radius 3 is 2.59 bits per heavy atom. The summed E-state index contributed by atoms with van der Waals surface area (Å²) in [6.07, 6.45) is 0. The van der Waals surface area contributed by atoms with Gasteiger partial charge in [0.05, 0.1) is 16.5 Å². The van der Waals surface area contributed by atoms with E-state index in [2.05, 4.69) is 16.0 Å². The topological polar surface area (TPSA) is 113 Å². The Kier molecular flexibility index (Phi) is 5.09. The summed E-state index contributed by atoms with van der Waals surface area (Å²) in [5, 5.41) is 19.5. The van der Waals surface area contributed by atoms with Crippen LogP contribution in [-0.4, -0.2) is 16.9 Å². The van der Waals surface area contributed by atoms with Crippen molar-refractivity contribution >= 4 is 34.9 Å². The van der Waals surface area contributed by atoms with Crippen LogP contribution in [0.2, 0.25) is 5.02 Å². The van der Waals surface area contributed by atoms with Crippen LogP contribution in [0.4, 0.5) is 16.2 Å². The van der Waals surface area contributed by atoms with Gasteiger partial charge in [-0.25, -0.2) is 4.79 Å². The molecule has 27 heavy (non-hydrogen) atoms. The van der Waals surface area contributed by atoms with E-state index in [1.165, 1.54) is 18.2 Å². The molecule has 0 aliphatic carbocycles. The number of hydrogen-bond acceptors (Lipinski definition) is 4. The van der Waals surface area contributed by atoms with E-state index >= 15 is 0 Å². The van der Waals surface area contributed by atoms with Crippen LogP contribution in [0, 0.1) is 10.1 Å². The first-order valence-electron chi connectivity index (χ1n) is 7.94. The maximum atomic E-state index is 12.8. The fraction of sp³-hybridized carbons (Fsp3) is 0.111. The number of carbonyl (C=O) groups excluding carboxylic acids is 2. The number of nitrogens with zero attached hydrogens (tertiary/aromatic N) is 1. The van der Waals surface area contributed by atoms with Gasteiger partial charge in [-0.15, -0.1) is 0 Å². The Balaban J connectivity index is 1.96. The third-order valence-corrected chi connectivity index (χ3v) is 4.28. The number of nitro benzene ring substituents is 1. The average molecular weight is 387 g/mol. The van der Waals surface area contributed by atoms with Crippen molar-refractivity contribution in [2.45, 2.75) is 13.0 Å². The smallest absolute Gasteiger partial charge is 0.319 e. The summed E-state index contributed by atoms with van der Waals surface area (Å²) < 4.78 is 0. The highest BCUT2D eigenvalue weighted by molar-refractivity contribution is 6.30. The van der Waals surface area contributed by atoms with E-state index in [1.807, 2.05) is 0 Å². The summed E-state index contributed by atoms with van der Waals surface area (Å²) >= 11 is 5.85. The molecule has 0 bridgehead atoms. The number of amides is 3. The van der Waals surface area contributed by atoms with E-state index in [0.29, 0.717) is 22.0 Å². The molecule has 0 fully saturated rings. The molecule has 138 valence electrons. The summed E-state index contributed by atoms with van der Waals surface area (Å²) in [4.78, 5) is 35.3. The standard InChI is InChI=1S/C18H15ClN4O4/c1-10-15(17(24)21-13-7-5-12(19)6-8-13)16(22-18(25)20-10)11-3-2-4-14(9-11)23(26)27/h2-9,16H,1H3,(H,21,24)(H2,20,22,25). The Morgan fingerprint density at radius 2 is 1.93 bits per heavy atom. The van der Waals surface area contributed by atoms with Crippen molar-refractivity contribution in [2.75, 3.05) is 5.32 Å². The molecule has 0 radical (unpaired) electrons. The lowest BCUT2D eigenvalue weighted by Gasteiger charge is -2.28. The molecule has 1 aliphatic rings. The average Bonchev–Trinajstić information content (AvgIpc) is 2.63. The molecule has 1 aliphatic heterocycles. The molecule has 2 aromatic carbocycles. The number of allylic oxidation sites excluding steroid dienone is 1. The van der Waals surface area contributed by atoms with Gasteiger partial charge in [0.1, 0.15) is 0 Å². The molecule has 0 spiro atoms. The number of nitrogens with one attached hydrogen (secondary N) is 3. The quantitative estimate of drug-likeness (QED) is 0.551. The summed E-state index contributed by atoms with van der Waals surface area (Å²) in [6.45, 7) is 1.60. The van der Waals surface area contributed by atoms with Gasteiger partial charge in [0, 0.05) is 28.5 Å². The number of rotatable bonds is 4. The lowest BCUT2D eigenvalue weighted by molar-refractivity contribution is -0.384. The fourth-order valence-electron chi connectivity index (χ4n) is 2.79. The number of carbonyl (C=O) groups is 2.